The minimum absolute atomic E-state index is 0. The molecule has 1 aromatic heterocycles. The summed E-state index contributed by atoms with van der Waals surface area (Å²) in [6.07, 6.45) is 1.98. The van der Waals surface area contributed by atoms with Crippen LogP contribution in [0.5, 0.6) is 0 Å². The zero-order valence-electron chi connectivity index (χ0n) is 10.5. The highest BCUT2D eigenvalue weighted by atomic mass is 35.5. The third kappa shape index (κ3) is 3.43. The molecular weight excluding hydrogens is 290 g/mol. The minimum Gasteiger partial charge on any atom is -0.334 e. The van der Waals surface area contributed by atoms with Crippen molar-refractivity contribution in [3.05, 3.63) is 27.1 Å². The molecule has 1 aliphatic heterocycles. The van der Waals surface area contributed by atoms with E-state index in [2.05, 4.69) is 5.32 Å². The molecule has 2 rings (SSSR count). The van der Waals surface area contributed by atoms with Gasteiger partial charge in [0.2, 0.25) is 0 Å². The Hall–Kier alpha value is -1.18. The van der Waals surface area contributed by atoms with Gasteiger partial charge in [-0.05, 0) is 26.0 Å². The molecular formula is C11H16ClN3O3S. The van der Waals surface area contributed by atoms with Crippen LogP contribution in [0.1, 0.15) is 22.5 Å². The number of rotatable bonds is 4. The lowest BCUT2D eigenvalue weighted by atomic mass is 10.2. The fourth-order valence-corrected chi connectivity index (χ4v) is 3.01. The first-order chi connectivity index (χ1) is 8.63. The normalized spacial score (nSPS) is 18.2. The molecule has 1 unspecified atom stereocenters. The number of nitro groups is 1. The van der Waals surface area contributed by atoms with E-state index in [4.69, 9.17) is 0 Å². The van der Waals surface area contributed by atoms with Crippen LogP contribution in [0.2, 0.25) is 0 Å². The second-order valence-electron chi connectivity index (χ2n) is 4.25. The monoisotopic (exact) mass is 305 g/mol. The van der Waals surface area contributed by atoms with Crippen LogP contribution in [0, 0.1) is 10.1 Å². The summed E-state index contributed by atoms with van der Waals surface area (Å²) in [5.74, 6) is -0.0918. The van der Waals surface area contributed by atoms with Crippen molar-refractivity contribution in [2.24, 2.45) is 0 Å². The molecule has 0 aromatic carbocycles. The smallest absolute Gasteiger partial charge is 0.324 e. The lowest BCUT2D eigenvalue weighted by Crippen LogP contribution is -2.40. The molecule has 0 radical (unpaired) electrons. The molecule has 0 spiro atoms. The molecule has 0 bridgehead atoms. The summed E-state index contributed by atoms with van der Waals surface area (Å²) in [6.45, 7) is 1.50. The van der Waals surface area contributed by atoms with Crippen molar-refractivity contribution in [2.75, 3.05) is 20.1 Å². The Morgan fingerprint density at radius 2 is 2.37 bits per heavy atom. The number of carbonyl (C=O) groups excluding carboxylic acids is 1. The summed E-state index contributed by atoms with van der Waals surface area (Å²) in [5, 5.41) is 13.7. The summed E-state index contributed by atoms with van der Waals surface area (Å²) < 4.78 is 0. The van der Waals surface area contributed by atoms with E-state index in [1.165, 1.54) is 6.07 Å². The Morgan fingerprint density at radius 1 is 1.63 bits per heavy atom. The summed E-state index contributed by atoms with van der Waals surface area (Å²) in [7, 11) is 1.86. The van der Waals surface area contributed by atoms with Gasteiger partial charge in [0.05, 0.1) is 9.80 Å². The van der Waals surface area contributed by atoms with Gasteiger partial charge in [0.15, 0.2) is 0 Å². The Labute approximate surface area is 121 Å². The molecule has 1 saturated heterocycles. The fourth-order valence-electron chi connectivity index (χ4n) is 2.23. The molecule has 1 amide bonds. The molecule has 19 heavy (non-hydrogen) atoms. The highest BCUT2D eigenvalue weighted by Crippen LogP contribution is 2.27. The summed E-state index contributed by atoms with van der Waals surface area (Å²) >= 11 is 0.945. The molecule has 1 atom stereocenters. The van der Waals surface area contributed by atoms with Crippen LogP contribution < -0.4 is 5.32 Å². The molecule has 2 heterocycles. The predicted octanol–water partition coefficient (Wildman–Crippen LogP) is 1.90. The van der Waals surface area contributed by atoms with Crippen molar-refractivity contribution in [1.82, 2.24) is 10.2 Å². The average molecular weight is 306 g/mol. The van der Waals surface area contributed by atoms with Gasteiger partial charge in [0.1, 0.15) is 0 Å². The van der Waals surface area contributed by atoms with Crippen molar-refractivity contribution < 1.29 is 9.72 Å². The quantitative estimate of drug-likeness (QED) is 0.681. The van der Waals surface area contributed by atoms with Crippen molar-refractivity contribution in [3.63, 3.8) is 0 Å². The largest absolute Gasteiger partial charge is 0.334 e. The minimum atomic E-state index is -0.462. The van der Waals surface area contributed by atoms with Gasteiger partial charge in [-0.3, -0.25) is 14.9 Å². The average Bonchev–Trinajstić information content (AvgIpc) is 2.97. The highest BCUT2D eigenvalue weighted by molar-refractivity contribution is 7.17. The lowest BCUT2D eigenvalue weighted by Gasteiger charge is -2.23. The lowest BCUT2D eigenvalue weighted by molar-refractivity contribution is -0.380. The Morgan fingerprint density at radius 3 is 2.95 bits per heavy atom. The fraction of sp³-hybridized carbons (Fsp3) is 0.545. The van der Waals surface area contributed by atoms with Gasteiger partial charge < -0.3 is 10.2 Å². The Bertz CT molecular complexity index is 466. The van der Waals surface area contributed by atoms with Crippen LogP contribution in [0.4, 0.5) is 5.00 Å². The van der Waals surface area contributed by atoms with E-state index in [0.29, 0.717) is 4.88 Å². The molecule has 1 aliphatic rings. The maximum absolute atomic E-state index is 12.3. The first-order valence-electron chi connectivity index (χ1n) is 5.83. The van der Waals surface area contributed by atoms with E-state index < -0.39 is 4.92 Å². The molecule has 6 nitrogen and oxygen atoms in total. The second kappa shape index (κ2) is 6.83. The van der Waals surface area contributed by atoms with Crippen molar-refractivity contribution in [2.45, 2.75) is 18.9 Å². The van der Waals surface area contributed by atoms with Gasteiger partial charge in [-0.2, -0.15) is 0 Å². The van der Waals surface area contributed by atoms with Crippen LogP contribution in [0.3, 0.4) is 0 Å². The molecule has 1 aromatic rings. The van der Waals surface area contributed by atoms with Crippen molar-refractivity contribution in [3.8, 4) is 0 Å². The molecule has 0 aliphatic carbocycles. The van der Waals surface area contributed by atoms with Gasteiger partial charge in [-0.25, -0.2) is 0 Å². The Balaban J connectivity index is 0.00000180. The van der Waals surface area contributed by atoms with Gasteiger partial charge in [0, 0.05) is 25.2 Å². The topological polar surface area (TPSA) is 75.5 Å². The van der Waals surface area contributed by atoms with Crippen LogP contribution >= 0.6 is 23.7 Å². The number of likely N-dealkylation sites (N-methyl/N-ethyl adjacent to an activating group) is 1. The number of amides is 1. The number of carbonyl (C=O) groups is 1. The third-order valence-corrected chi connectivity index (χ3v) is 4.09. The number of nitrogens with zero attached hydrogens (tertiary/aromatic N) is 2. The van der Waals surface area contributed by atoms with Crippen molar-refractivity contribution >= 4 is 34.7 Å². The number of nitrogens with one attached hydrogen (secondary N) is 1. The maximum Gasteiger partial charge on any atom is 0.324 e. The van der Waals surface area contributed by atoms with Gasteiger partial charge in [-0.15, -0.1) is 12.4 Å². The number of halogens is 1. The molecule has 1 N–H and O–H groups in total. The zero-order chi connectivity index (χ0) is 13.1. The third-order valence-electron chi connectivity index (χ3n) is 3.06. The number of hydrogen-bond acceptors (Lipinski definition) is 5. The zero-order valence-corrected chi connectivity index (χ0v) is 12.1. The highest BCUT2D eigenvalue weighted by Gasteiger charge is 2.30. The molecule has 1 fully saturated rings. The number of thiophene rings is 1. The Kier molecular flexibility index (Phi) is 5.71. The SMILES string of the molecule is CNCC1CCCN1C(=O)c1ccc([N+](=O)[O-])s1.Cl. The van der Waals surface area contributed by atoms with Crippen molar-refractivity contribution in [1.29, 1.82) is 0 Å². The summed E-state index contributed by atoms with van der Waals surface area (Å²) in [6, 6.07) is 3.13. The second-order valence-corrected chi connectivity index (χ2v) is 5.31. The molecule has 8 heteroatoms. The van der Waals surface area contributed by atoms with Gasteiger partial charge in [-0.1, -0.05) is 11.3 Å². The molecule has 106 valence electrons. The van der Waals surface area contributed by atoms with Crippen LogP contribution in [0.15, 0.2) is 12.1 Å². The maximum atomic E-state index is 12.3. The predicted molar refractivity (Wildman–Crippen MR) is 76.2 cm³/mol. The van der Waals surface area contributed by atoms with Gasteiger partial charge in [0.25, 0.3) is 5.91 Å². The number of hydrogen-bond donors (Lipinski definition) is 1. The standard InChI is InChI=1S/C11H15N3O3S.ClH/c1-12-7-8-3-2-6-13(8)11(15)9-4-5-10(18-9)14(16)17;/h4-5,8,12H,2-3,6-7H2,1H3;1H. The van der Waals surface area contributed by atoms with E-state index >= 15 is 0 Å². The number of likely N-dealkylation sites (tertiary alicyclic amines) is 1. The van der Waals surface area contributed by atoms with E-state index in [1.807, 2.05) is 11.9 Å². The van der Waals surface area contributed by atoms with Crippen LogP contribution in [-0.4, -0.2) is 41.9 Å². The first kappa shape index (κ1) is 15.9. The first-order valence-corrected chi connectivity index (χ1v) is 6.65. The van der Waals surface area contributed by atoms with E-state index in [0.717, 1.165) is 37.3 Å². The van der Waals surface area contributed by atoms with E-state index in [9.17, 15) is 14.9 Å². The van der Waals surface area contributed by atoms with E-state index in [1.54, 1.807) is 6.07 Å². The van der Waals surface area contributed by atoms with E-state index in [-0.39, 0.29) is 29.4 Å². The molecule has 0 saturated carbocycles. The van der Waals surface area contributed by atoms with Crippen LogP contribution in [0.25, 0.3) is 0 Å². The summed E-state index contributed by atoms with van der Waals surface area (Å²) in [4.78, 5) is 24.7. The van der Waals surface area contributed by atoms with Gasteiger partial charge >= 0.3 is 5.00 Å². The van der Waals surface area contributed by atoms with Crippen LogP contribution in [-0.2, 0) is 0 Å². The summed E-state index contributed by atoms with van der Waals surface area (Å²) in [5.41, 5.74) is 0.